The summed E-state index contributed by atoms with van der Waals surface area (Å²) in [6, 6.07) is 6.29. The van der Waals surface area contributed by atoms with E-state index in [0.717, 1.165) is 0 Å². The van der Waals surface area contributed by atoms with Crippen LogP contribution >= 0.6 is 0 Å². The second-order valence-electron chi connectivity index (χ2n) is 5.01. The van der Waals surface area contributed by atoms with Gasteiger partial charge in [0.2, 0.25) is 5.82 Å². The highest BCUT2D eigenvalue weighted by Gasteiger charge is 2.21. The van der Waals surface area contributed by atoms with Crippen LogP contribution in [-0.2, 0) is 0 Å². The number of amides is 1. The Morgan fingerprint density at radius 1 is 1.30 bits per heavy atom. The van der Waals surface area contributed by atoms with Gasteiger partial charge in [-0.1, -0.05) is 26.0 Å². The summed E-state index contributed by atoms with van der Waals surface area (Å²) in [5.41, 5.74) is 0.293. The van der Waals surface area contributed by atoms with Crippen molar-refractivity contribution in [2.24, 2.45) is 0 Å². The molecule has 1 amide bonds. The first-order chi connectivity index (χ1) is 9.41. The standard InChI is InChI=1S/C14H17FN4O/c1-9(2)13-16-12(14(20)18(3)4)17-19(13)11-8-6-5-7-10(11)15/h5-9H,1-4H3. The zero-order valence-corrected chi connectivity index (χ0v) is 12.0. The zero-order valence-electron chi connectivity index (χ0n) is 12.0. The van der Waals surface area contributed by atoms with Crippen LogP contribution in [0, 0.1) is 5.82 Å². The van der Waals surface area contributed by atoms with Crippen molar-refractivity contribution >= 4 is 5.91 Å². The van der Waals surface area contributed by atoms with Crippen LogP contribution in [0.5, 0.6) is 0 Å². The van der Waals surface area contributed by atoms with Gasteiger partial charge in [-0.3, -0.25) is 4.79 Å². The Morgan fingerprint density at radius 3 is 2.50 bits per heavy atom. The molecule has 6 heteroatoms. The van der Waals surface area contributed by atoms with Crippen LogP contribution in [0.15, 0.2) is 24.3 Å². The smallest absolute Gasteiger partial charge is 0.293 e. The number of halogens is 1. The summed E-state index contributed by atoms with van der Waals surface area (Å²) >= 11 is 0. The molecule has 0 radical (unpaired) electrons. The maximum absolute atomic E-state index is 13.9. The fraction of sp³-hybridized carbons (Fsp3) is 0.357. The van der Waals surface area contributed by atoms with Gasteiger partial charge in [0.25, 0.3) is 5.91 Å². The molecule has 1 aromatic carbocycles. The van der Waals surface area contributed by atoms with Crippen LogP contribution in [0.2, 0.25) is 0 Å². The third-order valence-electron chi connectivity index (χ3n) is 2.83. The largest absolute Gasteiger partial charge is 0.342 e. The molecule has 5 nitrogen and oxygen atoms in total. The Hall–Kier alpha value is -2.24. The van der Waals surface area contributed by atoms with E-state index in [1.54, 1.807) is 32.3 Å². The zero-order chi connectivity index (χ0) is 14.9. The third kappa shape index (κ3) is 2.54. The van der Waals surface area contributed by atoms with Gasteiger partial charge in [0.1, 0.15) is 17.3 Å². The number of para-hydroxylation sites is 1. The van der Waals surface area contributed by atoms with Gasteiger partial charge in [-0.15, -0.1) is 5.10 Å². The molecule has 0 unspecified atom stereocenters. The number of carbonyl (C=O) groups is 1. The average molecular weight is 276 g/mol. The van der Waals surface area contributed by atoms with Gasteiger partial charge < -0.3 is 4.90 Å². The fourth-order valence-corrected chi connectivity index (χ4v) is 1.79. The second-order valence-corrected chi connectivity index (χ2v) is 5.01. The van der Waals surface area contributed by atoms with Crippen molar-refractivity contribution in [3.8, 4) is 5.69 Å². The van der Waals surface area contributed by atoms with E-state index in [1.165, 1.54) is 15.6 Å². The molecule has 2 rings (SSSR count). The number of hydrogen-bond acceptors (Lipinski definition) is 3. The molecule has 0 atom stereocenters. The number of rotatable bonds is 3. The number of hydrogen-bond donors (Lipinski definition) is 0. The predicted molar refractivity (Wildman–Crippen MR) is 73.4 cm³/mol. The van der Waals surface area contributed by atoms with Crippen LogP contribution in [0.4, 0.5) is 4.39 Å². The Balaban J connectivity index is 2.58. The van der Waals surface area contributed by atoms with E-state index >= 15 is 0 Å². The minimum absolute atomic E-state index is 0.0193. The molecule has 20 heavy (non-hydrogen) atoms. The maximum Gasteiger partial charge on any atom is 0.293 e. The number of nitrogens with zero attached hydrogens (tertiary/aromatic N) is 4. The summed E-state index contributed by atoms with van der Waals surface area (Å²) in [4.78, 5) is 17.6. The molecule has 0 aliphatic heterocycles. The van der Waals surface area contributed by atoms with Crippen LogP contribution in [-0.4, -0.2) is 39.7 Å². The summed E-state index contributed by atoms with van der Waals surface area (Å²) in [5, 5.41) is 4.16. The van der Waals surface area contributed by atoms with Gasteiger partial charge in [-0.2, -0.15) is 0 Å². The minimum atomic E-state index is -0.400. The molecule has 0 spiro atoms. The lowest BCUT2D eigenvalue weighted by atomic mass is 10.2. The summed E-state index contributed by atoms with van der Waals surface area (Å²) in [7, 11) is 3.25. The number of benzene rings is 1. The minimum Gasteiger partial charge on any atom is -0.342 e. The van der Waals surface area contributed by atoms with E-state index in [4.69, 9.17) is 0 Å². The first-order valence-corrected chi connectivity index (χ1v) is 6.35. The van der Waals surface area contributed by atoms with Crippen molar-refractivity contribution in [3.63, 3.8) is 0 Å². The van der Waals surface area contributed by atoms with Gasteiger partial charge in [0.05, 0.1) is 0 Å². The van der Waals surface area contributed by atoms with E-state index in [-0.39, 0.29) is 17.6 Å². The fourth-order valence-electron chi connectivity index (χ4n) is 1.79. The van der Waals surface area contributed by atoms with E-state index in [0.29, 0.717) is 11.5 Å². The summed E-state index contributed by atoms with van der Waals surface area (Å²) in [6.45, 7) is 3.84. The maximum atomic E-state index is 13.9. The van der Waals surface area contributed by atoms with Crippen LogP contribution in [0.3, 0.4) is 0 Å². The van der Waals surface area contributed by atoms with E-state index in [2.05, 4.69) is 10.1 Å². The molecule has 0 saturated carbocycles. The van der Waals surface area contributed by atoms with E-state index in [9.17, 15) is 9.18 Å². The SMILES string of the molecule is CC(C)c1nc(C(=O)N(C)C)nn1-c1ccccc1F. The van der Waals surface area contributed by atoms with E-state index < -0.39 is 5.82 Å². The van der Waals surface area contributed by atoms with Crippen molar-refractivity contribution in [3.05, 3.63) is 41.7 Å². The normalized spacial score (nSPS) is 10.9. The van der Waals surface area contributed by atoms with Crippen molar-refractivity contribution in [2.75, 3.05) is 14.1 Å². The van der Waals surface area contributed by atoms with E-state index in [1.807, 2.05) is 13.8 Å². The molecule has 2 aromatic rings. The van der Waals surface area contributed by atoms with Gasteiger partial charge in [-0.05, 0) is 12.1 Å². The highest BCUT2D eigenvalue weighted by Crippen LogP contribution is 2.19. The van der Waals surface area contributed by atoms with Gasteiger partial charge in [-0.25, -0.2) is 14.1 Å². The highest BCUT2D eigenvalue weighted by atomic mass is 19.1. The van der Waals surface area contributed by atoms with Crippen molar-refractivity contribution in [1.29, 1.82) is 0 Å². The summed E-state index contributed by atoms with van der Waals surface area (Å²) in [6.07, 6.45) is 0. The lowest BCUT2D eigenvalue weighted by Crippen LogP contribution is -2.23. The Morgan fingerprint density at radius 2 is 1.95 bits per heavy atom. The monoisotopic (exact) mass is 276 g/mol. The quantitative estimate of drug-likeness (QED) is 0.863. The van der Waals surface area contributed by atoms with Crippen molar-refractivity contribution in [1.82, 2.24) is 19.7 Å². The molecular formula is C14H17FN4O. The molecule has 0 saturated heterocycles. The first-order valence-electron chi connectivity index (χ1n) is 6.35. The Labute approximate surface area is 117 Å². The van der Waals surface area contributed by atoms with Gasteiger partial charge in [0, 0.05) is 20.0 Å². The Bertz CT molecular complexity index is 634. The molecule has 0 bridgehead atoms. The molecule has 1 aromatic heterocycles. The topological polar surface area (TPSA) is 51.0 Å². The van der Waals surface area contributed by atoms with Crippen LogP contribution < -0.4 is 0 Å². The van der Waals surface area contributed by atoms with Crippen molar-refractivity contribution in [2.45, 2.75) is 19.8 Å². The molecule has 0 N–H and O–H groups in total. The lowest BCUT2D eigenvalue weighted by molar-refractivity contribution is 0.0816. The summed E-state index contributed by atoms with van der Waals surface area (Å²) in [5.74, 6) is -0.0572. The highest BCUT2D eigenvalue weighted by molar-refractivity contribution is 5.90. The Kier molecular flexibility index (Phi) is 3.83. The molecule has 106 valence electrons. The van der Waals surface area contributed by atoms with Gasteiger partial charge in [0.15, 0.2) is 0 Å². The average Bonchev–Trinajstić information content (AvgIpc) is 2.83. The molecular weight excluding hydrogens is 259 g/mol. The third-order valence-corrected chi connectivity index (χ3v) is 2.83. The van der Waals surface area contributed by atoms with Crippen molar-refractivity contribution < 1.29 is 9.18 Å². The first kappa shape index (κ1) is 14.2. The molecule has 0 aliphatic carbocycles. The molecule has 0 aliphatic rings. The second kappa shape index (κ2) is 5.40. The number of carbonyl (C=O) groups excluding carboxylic acids is 1. The van der Waals surface area contributed by atoms with Crippen LogP contribution in [0.25, 0.3) is 5.69 Å². The van der Waals surface area contributed by atoms with Gasteiger partial charge >= 0.3 is 0 Å². The summed E-state index contributed by atoms with van der Waals surface area (Å²) < 4.78 is 15.3. The lowest BCUT2D eigenvalue weighted by Gasteiger charge is -2.08. The van der Waals surface area contributed by atoms with Crippen LogP contribution in [0.1, 0.15) is 36.2 Å². The molecule has 1 heterocycles. The number of aromatic nitrogens is 3. The predicted octanol–water partition coefficient (Wildman–Crippen LogP) is 2.23. The molecule has 0 fully saturated rings.